The van der Waals surface area contributed by atoms with Gasteiger partial charge in [-0.05, 0) is 28.1 Å². The molecular weight excluding hydrogens is 220 g/mol. The van der Waals surface area contributed by atoms with Gasteiger partial charge in [-0.25, -0.2) is 4.98 Å². The number of rotatable bonds is 1. The molecule has 0 saturated heterocycles. The smallest absolute Gasteiger partial charge is 0.175 e. The number of carbonyl (C=O) groups is 1. The molecule has 2 rings (SSSR count). The highest BCUT2D eigenvalue weighted by Crippen LogP contribution is 2.17. The number of fused-ring (bicyclic) bond motifs is 1. The number of para-hydroxylation sites is 1. The largest absolute Gasteiger partial charge is 0.332 e. The van der Waals surface area contributed by atoms with E-state index in [4.69, 9.17) is 0 Å². The number of nitrogens with one attached hydrogen (secondary N) is 1. The maximum Gasteiger partial charge on any atom is 0.175 e. The SMILES string of the molecule is O=Cc1cccc2[nH]c(Br)nc12. The molecule has 1 aromatic carbocycles. The average molecular weight is 225 g/mol. The minimum absolute atomic E-state index is 0.606. The Labute approximate surface area is 76.9 Å². The second-order valence-electron chi connectivity index (χ2n) is 2.39. The maximum absolute atomic E-state index is 10.6. The lowest BCUT2D eigenvalue weighted by atomic mass is 10.2. The van der Waals surface area contributed by atoms with E-state index in [0.29, 0.717) is 15.8 Å². The molecule has 0 aliphatic carbocycles. The molecule has 0 radical (unpaired) electrons. The second kappa shape index (κ2) is 2.71. The number of aldehydes is 1. The highest BCUT2D eigenvalue weighted by Gasteiger charge is 2.03. The molecule has 0 bridgehead atoms. The third kappa shape index (κ3) is 1.04. The van der Waals surface area contributed by atoms with E-state index in [2.05, 4.69) is 25.9 Å². The molecule has 0 fully saturated rings. The Kier molecular flexibility index (Phi) is 1.69. The molecule has 1 heterocycles. The van der Waals surface area contributed by atoms with Gasteiger partial charge in [0.25, 0.3) is 0 Å². The normalized spacial score (nSPS) is 10.4. The van der Waals surface area contributed by atoms with Crippen LogP contribution in [0.25, 0.3) is 11.0 Å². The van der Waals surface area contributed by atoms with Crippen molar-refractivity contribution in [1.29, 1.82) is 0 Å². The van der Waals surface area contributed by atoms with Crippen molar-refractivity contribution in [3.8, 4) is 0 Å². The molecule has 0 amide bonds. The fraction of sp³-hybridized carbons (Fsp3) is 0. The standard InChI is InChI=1S/C8H5BrN2O/c9-8-10-6-3-1-2-5(4-12)7(6)11-8/h1-4H,(H,10,11). The van der Waals surface area contributed by atoms with Gasteiger partial charge in [-0.3, -0.25) is 4.79 Å². The molecule has 4 heteroatoms. The van der Waals surface area contributed by atoms with E-state index in [0.717, 1.165) is 11.8 Å². The third-order valence-corrected chi connectivity index (χ3v) is 2.02. The summed E-state index contributed by atoms with van der Waals surface area (Å²) in [5, 5.41) is 0. The summed E-state index contributed by atoms with van der Waals surface area (Å²) in [4.78, 5) is 17.7. The molecular formula is C8H5BrN2O. The van der Waals surface area contributed by atoms with Gasteiger partial charge in [0.05, 0.1) is 11.0 Å². The lowest BCUT2D eigenvalue weighted by Gasteiger charge is -1.89. The van der Waals surface area contributed by atoms with Gasteiger partial charge in [0.15, 0.2) is 11.0 Å². The molecule has 3 nitrogen and oxygen atoms in total. The first-order chi connectivity index (χ1) is 5.81. The molecule has 0 aliphatic heterocycles. The molecule has 0 saturated carbocycles. The number of imidazole rings is 1. The monoisotopic (exact) mass is 224 g/mol. The summed E-state index contributed by atoms with van der Waals surface area (Å²) < 4.78 is 0.645. The number of aromatic nitrogens is 2. The van der Waals surface area contributed by atoms with Gasteiger partial charge in [-0.15, -0.1) is 0 Å². The summed E-state index contributed by atoms with van der Waals surface area (Å²) in [5.74, 6) is 0. The lowest BCUT2D eigenvalue weighted by Crippen LogP contribution is -1.80. The fourth-order valence-corrected chi connectivity index (χ4v) is 1.51. The summed E-state index contributed by atoms with van der Waals surface area (Å²) in [6, 6.07) is 5.43. The van der Waals surface area contributed by atoms with Crippen molar-refractivity contribution < 1.29 is 4.79 Å². The van der Waals surface area contributed by atoms with E-state index in [1.165, 1.54) is 0 Å². The number of nitrogens with zero attached hydrogens (tertiary/aromatic N) is 1. The minimum Gasteiger partial charge on any atom is -0.332 e. The fourth-order valence-electron chi connectivity index (χ4n) is 1.12. The van der Waals surface area contributed by atoms with Gasteiger partial charge in [0, 0.05) is 5.56 Å². The van der Waals surface area contributed by atoms with E-state index < -0.39 is 0 Å². The number of halogens is 1. The van der Waals surface area contributed by atoms with Crippen LogP contribution in [0.4, 0.5) is 0 Å². The topological polar surface area (TPSA) is 45.8 Å². The van der Waals surface area contributed by atoms with Gasteiger partial charge in [0.2, 0.25) is 0 Å². The first kappa shape index (κ1) is 7.49. The lowest BCUT2D eigenvalue weighted by molar-refractivity contribution is 0.112. The zero-order valence-corrected chi connectivity index (χ0v) is 7.63. The second-order valence-corrected chi connectivity index (χ2v) is 3.14. The molecule has 0 unspecified atom stereocenters. The van der Waals surface area contributed by atoms with Crippen LogP contribution < -0.4 is 0 Å². The van der Waals surface area contributed by atoms with Gasteiger partial charge in [-0.1, -0.05) is 6.07 Å². The van der Waals surface area contributed by atoms with E-state index in [1.807, 2.05) is 12.1 Å². The highest BCUT2D eigenvalue weighted by molar-refractivity contribution is 9.10. The van der Waals surface area contributed by atoms with Crippen LogP contribution in [0.5, 0.6) is 0 Å². The molecule has 12 heavy (non-hydrogen) atoms. The third-order valence-electron chi connectivity index (χ3n) is 1.64. The van der Waals surface area contributed by atoms with Crippen molar-refractivity contribution in [1.82, 2.24) is 9.97 Å². The van der Waals surface area contributed by atoms with Crippen LogP contribution in [0, 0.1) is 0 Å². The predicted octanol–water partition coefficient (Wildman–Crippen LogP) is 2.14. The highest BCUT2D eigenvalue weighted by atomic mass is 79.9. The van der Waals surface area contributed by atoms with Crippen molar-refractivity contribution >= 4 is 33.2 Å². The number of aromatic amines is 1. The Bertz CT molecular complexity index is 436. The number of H-pyrrole nitrogens is 1. The summed E-state index contributed by atoms with van der Waals surface area (Å²) in [5.41, 5.74) is 2.18. The Morgan fingerprint density at radius 3 is 3.08 bits per heavy atom. The number of carbonyl (C=O) groups excluding carboxylic acids is 1. The van der Waals surface area contributed by atoms with Crippen molar-refractivity contribution in [2.45, 2.75) is 0 Å². The Morgan fingerprint density at radius 1 is 1.50 bits per heavy atom. The summed E-state index contributed by atoms with van der Waals surface area (Å²) >= 11 is 3.21. The average Bonchev–Trinajstić information content (AvgIpc) is 2.44. The van der Waals surface area contributed by atoms with E-state index >= 15 is 0 Å². The van der Waals surface area contributed by atoms with Gasteiger partial charge in [0.1, 0.15) is 0 Å². The molecule has 1 N–H and O–H groups in total. The number of hydrogen-bond acceptors (Lipinski definition) is 2. The Balaban J connectivity index is 2.86. The molecule has 0 spiro atoms. The van der Waals surface area contributed by atoms with Crippen LogP contribution in [0.15, 0.2) is 22.9 Å². The van der Waals surface area contributed by atoms with Crippen molar-refractivity contribution in [2.75, 3.05) is 0 Å². The van der Waals surface area contributed by atoms with Crippen molar-refractivity contribution in [2.24, 2.45) is 0 Å². The number of hydrogen-bond donors (Lipinski definition) is 1. The van der Waals surface area contributed by atoms with Crippen LogP contribution in [0.2, 0.25) is 0 Å². The van der Waals surface area contributed by atoms with Crippen LogP contribution >= 0.6 is 15.9 Å². The van der Waals surface area contributed by atoms with Crippen molar-refractivity contribution in [3.63, 3.8) is 0 Å². The van der Waals surface area contributed by atoms with Gasteiger partial charge >= 0.3 is 0 Å². The molecule has 1 aromatic heterocycles. The van der Waals surface area contributed by atoms with Crippen LogP contribution in [-0.4, -0.2) is 16.3 Å². The van der Waals surface area contributed by atoms with Crippen LogP contribution in [0.3, 0.4) is 0 Å². The molecule has 2 aromatic rings. The first-order valence-corrected chi connectivity index (χ1v) is 4.20. The van der Waals surface area contributed by atoms with Crippen LogP contribution in [0.1, 0.15) is 10.4 Å². The zero-order valence-electron chi connectivity index (χ0n) is 6.04. The van der Waals surface area contributed by atoms with Crippen LogP contribution in [-0.2, 0) is 0 Å². The summed E-state index contributed by atoms with van der Waals surface area (Å²) in [6.07, 6.45) is 0.801. The van der Waals surface area contributed by atoms with E-state index in [9.17, 15) is 4.79 Å². The Hall–Kier alpha value is -1.16. The maximum atomic E-state index is 10.6. The quantitative estimate of drug-likeness (QED) is 0.755. The van der Waals surface area contributed by atoms with E-state index in [-0.39, 0.29) is 0 Å². The first-order valence-electron chi connectivity index (χ1n) is 3.40. The van der Waals surface area contributed by atoms with Gasteiger partial charge < -0.3 is 4.98 Å². The van der Waals surface area contributed by atoms with Crippen molar-refractivity contribution in [3.05, 3.63) is 28.5 Å². The van der Waals surface area contributed by atoms with E-state index in [1.54, 1.807) is 6.07 Å². The van der Waals surface area contributed by atoms with Gasteiger partial charge in [-0.2, -0.15) is 0 Å². The summed E-state index contributed by atoms with van der Waals surface area (Å²) in [6.45, 7) is 0. The number of benzene rings is 1. The molecule has 60 valence electrons. The zero-order chi connectivity index (χ0) is 8.55. The predicted molar refractivity (Wildman–Crippen MR) is 49.2 cm³/mol. The minimum atomic E-state index is 0.606. The molecule has 0 aliphatic rings. The summed E-state index contributed by atoms with van der Waals surface area (Å²) in [7, 11) is 0. The molecule has 0 atom stereocenters. The Morgan fingerprint density at radius 2 is 2.33 bits per heavy atom.